The highest BCUT2D eigenvalue weighted by Gasteiger charge is 2.26. The lowest BCUT2D eigenvalue weighted by Crippen LogP contribution is -2.29. The average molecular weight is 984 g/mol. The van der Waals surface area contributed by atoms with Gasteiger partial charge in [-0.1, -0.05) is 220 Å². The predicted molar refractivity (Wildman–Crippen MR) is 293 cm³/mol. The van der Waals surface area contributed by atoms with Gasteiger partial charge in [-0.15, -0.1) is 0 Å². The van der Waals surface area contributed by atoms with Gasteiger partial charge in [-0.05, 0) is 96.3 Å². The van der Waals surface area contributed by atoms with Crippen molar-refractivity contribution in [1.82, 2.24) is 0 Å². The zero-order chi connectivity index (χ0) is 50.2. The van der Waals surface area contributed by atoms with E-state index in [1.54, 1.807) is 0 Å². The van der Waals surface area contributed by atoms with Crippen LogP contribution < -0.4 is 5.73 Å². The first-order valence-electron chi connectivity index (χ1n) is 27.7. The normalized spacial score (nSPS) is 13.9. The highest BCUT2D eigenvalue weighted by molar-refractivity contribution is 7.47. The second-order valence-corrected chi connectivity index (χ2v) is 19.5. The van der Waals surface area contributed by atoms with Gasteiger partial charge in [0.2, 0.25) is 0 Å². The fraction of sp³-hybridized carbons (Fsp3) is 0.695. The zero-order valence-corrected chi connectivity index (χ0v) is 44.9. The fourth-order valence-corrected chi connectivity index (χ4v) is 8.14. The number of carbonyl (C=O) groups excluding carboxylic acids is 2. The number of ether oxygens (including phenoxy) is 2. The molecule has 0 rings (SSSR count). The molecule has 0 saturated carbocycles. The monoisotopic (exact) mass is 984 g/mol. The number of allylic oxidation sites excluding steroid dienone is 16. The van der Waals surface area contributed by atoms with Crippen LogP contribution >= 0.6 is 7.82 Å². The van der Waals surface area contributed by atoms with E-state index < -0.39 is 32.5 Å². The van der Waals surface area contributed by atoms with Crippen molar-refractivity contribution in [3.63, 3.8) is 0 Å². The Morgan fingerprint density at radius 2 is 0.797 bits per heavy atom. The molecular formula is C59H102NO8P. The van der Waals surface area contributed by atoms with Crippen LogP contribution in [0.1, 0.15) is 232 Å². The summed E-state index contributed by atoms with van der Waals surface area (Å²) in [6, 6.07) is 0. The molecule has 0 aromatic carbocycles. The van der Waals surface area contributed by atoms with Crippen LogP contribution in [-0.4, -0.2) is 49.3 Å². The van der Waals surface area contributed by atoms with Gasteiger partial charge in [0.15, 0.2) is 6.10 Å². The number of phosphoric acid groups is 1. The highest BCUT2D eigenvalue weighted by Crippen LogP contribution is 2.43. The van der Waals surface area contributed by atoms with Gasteiger partial charge in [0.1, 0.15) is 6.61 Å². The van der Waals surface area contributed by atoms with Crippen molar-refractivity contribution in [2.75, 3.05) is 26.4 Å². The predicted octanol–water partition coefficient (Wildman–Crippen LogP) is 17.3. The smallest absolute Gasteiger partial charge is 0.462 e. The third-order valence-electron chi connectivity index (χ3n) is 11.5. The van der Waals surface area contributed by atoms with Gasteiger partial charge in [-0.2, -0.15) is 0 Å². The molecule has 9 nitrogen and oxygen atoms in total. The summed E-state index contributed by atoms with van der Waals surface area (Å²) < 4.78 is 32.9. The number of phosphoric ester groups is 1. The molecule has 0 heterocycles. The van der Waals surface area contributed by atoms with E-state index in [-0.39, 0.29) is 32.6 Å². The Morgan fingerprint density at radius 1 is 0.449 bits per heavy atom. The molecule has 396 valence electrons. The van der Waals surface area contributed by atoms with Gasteiger partial charge >= 0.3 is 19.8 Å². The summed E-state index contributed by atoms with van der Waals surface area (Å²) in [7, 11) is -4.39. The molecule has 10 heteroatoms. The molecule has 0 fully saturated rings. The van der Waals surface area contributed by atoms with Crippen LogP contribution in [0, 0.1) is 0 Å². The first-order valence-corrected chi connectivity index (χ1v) is 29.2. The van der Waals surface area contributed by atoms with Crippen LogP contribution in [0.3, 0.4) is 0 Å². The fourth-order valence-electron chi connectivity index (χ4n) is 7.37. The van der Waals surface area contributed by atoms with E-state index in [2.05, 4.69) is 111 Å². The van der Waals surface area contributed by atoms with Gasteiger partial charge in [-0.25, -0.2) is 4.57 Å². The Labute approximate surface area is 423 Å². The Kier molecular flexibility index (Phi) is 51.9. The van der Waals surface area contributed by atoms with Crippen LogP contribution in [0.5, 0.6) is 0 Å². The van der Waals surface area contributed by atoms with E-state index in [1.165, 1.54) is 96.3 Å². The first-order chi connectivity index (χ1) is 33.8. The summed E-state index contributed by atoms with van der Waals surface area (Å²) in [6.07, 6.45) is 71.8. The van der Waals surface area contributed by atoms with Crippen LogP contribution in [-0.2, 0) is 32.7 Å². The van der Waals surface area contributed by atoms with Crippen molar-refractivity contribution >= 4 is 19.8 Å². The maximum absolute atomic E-state index is 12.7. The second kappa shape index (κ2) is 54.3. The molecule has 0 aromatic rings. The number of hydrogen-bond acceptors (Lipinski definition) is 8. The van der Waals surface area contributed by atoms with E-state index in [0.717, 1.165) is 103 Å². The van der Waals surface area contributed by atoms with Crippen molar-refractivity contribution in [3.8, 4) is 0 Å². The number of unbranched alkanes of at least 4 members (excludes halogenated alkanes) is 22. The topological polar surface area (TPSA) is 134 Å². The summed E-state index contributed by atoms with van der Waals surface area (Å²) in [5, 5.41) is 0. The number of esters is 2. The molecule has 0 saturated heterocycles. The van der Waals surface area contributed by atoms with Crippen molar-refractivity contribution in [3.05, 3.63) is 97.2 Å². The lowest BCUT2D eigenvalue weighted by atomic mass is 10.0. The standard InChI is InChI=1S/C59H102NO8P/c1-3-5-7-9-11-13-15-17-18-19-20-21-22-23-24-25-26-27-28-29-30-31-32-33-34-35-36-37-38-40-42-44-46-48-50-52-59(62)68-57(56-67-69(63,64)66-54-53-60)55-65-58(61)51-49-47-45-43-41-39-16-14-12-10-8-6-4-2/h5,7,11,13-14,16-18,20-21,23-24,26-27,29-30,57H,3-4,6,8-10,12,15,19,22,25,28,31-56,60H2,1-2H3,(H,63,64)/b7-5-,13-11-,16-14-,18-17-,21-20-,24-23-,27-26-,30-29-. The molecule has 0 aliphatic carbocycles. The molecule has 0 spiro atoms. The minimum absolute atomic E-state index is 0.0490. The molecule has 0 aliphatic rings. The van der Waals surface area contributed by atoms with E-state index in [4.69, 9.17) is 24.3 Å². The van der Waals surface area contributed by atoms with E-state index >= 15 is 0 Å². The maximum Gasteiger partial charge on any atom is 0.472 e. The second-order valence-electron chi connectivity index (χ2n) is 18.1. The lowest BCUT2D eigenvalue weighted by molar-refractivity contribution is -0.161. The Morgan fingerprint density at radius 3 is 1.20 bits per heavy atom. The Hall–Kier alpha value is -3.07. The molecule has 2 unspecified atom stereocenters. The molecule has 0 aromatic heterocycles. The molecule has 2 atom stereocenters. The van der Waals surface area contributed by atoms with Crippen LogP contribution in [0.25, 0.3) is 0 Å². The SMILES string of the molecule is CC/C=C\C/C=C\C/C=C\C/C=C\C/C=C\C/C=C\C/C=C\CCCCCCCCCCCCCCCC(=O)OC(COC(=O)CCCCCCC/C=C\CCCCCC)COP(=O)(O)OCCN. The molecule has 0 aliphatic heterocycles. The molecule has 69 heavy (non-hydrogen) atoms. The first kappa shape index (κ1) is 65.9. The number of rotatable bonds is 51. The maximum atomic E-state index is 12.7. The molecular weight excluding hydrogens is 882 g/mol. The highest BCUT2D eigenvalue weighted by atomic mass is 31.2. The van der Waals surface area contributed by atoms with E-state index in [9.17, 15) is 19.0 Å². The quantitative estimate of drug-likeness (QED) is 0.0264. The summed E-state index contributed by atoms with van der Waals surface area (Å²) in [5.41, 5.74) is 5.37. The van der Waals surface area contributed by atoms with Crippen molar-refractivity contribution < 1.29 is 37.6 Å². The largest absolute Gasteiger partial charge is 0.472 e. The van der Waals surface area contributed by atoms with Crippen molar-refractivity contribution in [1.29, 1.82) is 0 Å². The Balaban J connectivity index is 3.93. The van der Waals surface area contributed by atoms with Crippen LogP contribution in [0.4, 0.5) is 0 Å². The van der Waals surface area contributed by atoms with Gasteiger partial charge in [0.25, 0.3) is 0 Å². The van der Waals surface area contributed by atoms with Gasteiger partial charge in [-0.3, -0.25) is 18.6 Å². The molecule has 3 N–H and O–H groups in total. The van der Waals surface area contributed by atoms with E-state index in [1.807, 2.05) is 0 Å². The Bertz CT molecular complexity index is 1450. The lowest BCUT2D eigenvalue weighted by Gasteiger charge is -2.19. The number of carbonyl (C=O) groups is 2. The average Bonchev–Trinajstić information content (AvgIpc) is 3.34. The summed E-state index contributed by atoms with van der Waals surface area (Å²) in [6.45, 7) is 3.60. The van der Waals surface area contributed by atoms with Crippen LogP contribution in [0.15, 0.2) is 97.2 Å². The van der Waals surface area contributed by atoms with Gasteiger partial charge in [0, 0.05) is 19.4 Å². The third kappa shape index (κ3) is 54.1. The number of nitrogens with two attached hydrogens (primary N) is 1. The van der Waals surface area contributed by atoms with Crippen molar-refractivity contribution in [2.24, 2.45) is 5.73 Å². The van der Waals surface area contributed by atoms with Gasteiger partial charge < -0.3 is 20.1 Å². The third-order valence-corrected chi connectivity index (χ3v) is 12.4. The van der Waals surface area contributed by atoms with Crippen molar-refractivity contribution in [2.45, 2.75) is 238 Å². The minimum atomic E-state index is -4.39. The summed E-state index contributed by atoms with van der Waals surface area (Å²) >= 11 is 0. The minimum Gasteiger partial charge on any atom is -0.462 e. The van der Waals surface area contributed by atoms with E-state index in [0.29, 0.717) is 6.42 Å². The van der Waals surface area contributed by atoms with Gasteiger partial charge in [0.05, 0.1) is 13.2 Å². The summed E-state index contributed by atoms with van der Waals surface area (Å²) in [4.78, 5) is 35.0. The molecule has 0 radical (unpaired) electrons. The zero-order valence-electron chi connectivity index (χ0n) is 44.0. The summed E-state index contributed by atoms with van der Waals surface area (Å²) in [5.74, 6) is -0.841. The number of hydrogen-bond donors (Lipinski definition) is 2. The molecule has 0 bridgehead atoms. The van der Waals surface area contributed by atoms with Crippen LogP contribution in [0.2, 0.25) is 0 Å². The molecule has 0 amide bonds.